The van der Waals surface area contributed by atoms with Gasteiger partial charge in [0.15, 0.2) is 0 Å². The minimum Gasteiger partial charge on any atom is -0.364 e. The van der Waals surface area contributed by atoms with E-state index in [1.165, 1.54) is 0 Å². The van der Waals surface area contributed by atoms with E-state index in [9.17, 15) is 4.79 Å². The van der Waals surface area contributed by atoms with E-state index in [4.69, 9.17) is 0 Å². The Morgan fingerprint density at radius 1 is 1.19 bits per heavy atom. The van der Waals surface area contributed by atoms with Gasteiger partial charge in [-0.2, -0.15) is 0 Å². The smallest absolute Gasteiger partial charge is 0.227 e. The fraction of sp³-hybridized carbons (Fsp3) is 0.235. The van der Waals surface area contributed by atoms with Gasteiger partial charge < -0.3 is 14.9 Å². The molecule has 1 aromatic carbocycles. The molecule has 0 bridgehead atoms. The number of H-pyrrole nitrogens is 2. The maximum atomic E-state index is 12.4. The number of aromatic amines is 2. The van der Waals surface area contributed by atoms with Crippen LogP contribution in [0.1, 0.15) is 17.0 Å². The van der Waals surface area contributed by atoms with E-state index in [0.29, 0.717) is 13.0 Å². The van der Waals surface area contributed by atoms with Gasteiger partial charge in [-0.3, -0.25) is 4.79 Å². The molecule has 0 spiro atoms. The second kappa shape index (κ2) is 5.48. The van der Waals surface area contributed by atoms with Gasteiger partial charge in [0.05, 0.1) is 13.0 Å². The highest BCUT2D eigenvalue weighted by Crippen LogP contribution is 2.22. The van der Waals surface area contributed by atoms with Crippen molar-refractivity contribution in [3.05, 3.63) is 59.5 Å². The molecule has 0 aliphatic carbocycles. The van der Waals surface area contributed by atoms with Crippen molar-refractivity contribution in [1.29, 1.82) is 0 Å². The molecule has 0 unspecified atom stereocenters. The standard InChI is InChI=1S/C17H19N3O/c1-12-15(14-7-3-4-8-16(14)19-12)10-17(21)20(2)11-13-6-5-9-18-13/h3-9,18-19H,10-11H2,1-2H3. The fourth-order valence-electron chi connectivity index (χ4n) is 2.66. The molecule has 4 heteroatoms. The predicted molar refractivity (Wildman–Crippen MR) is 84.0 cm³/mol. The lowest BCUT2D eigenvalue weighted by Gasteiger charge is -2.16. The molecule has 4 nitrogen and oxygen atoms in total. The van der Waals surface area contributed by atoms with Crippen LogP contribution in [0.2, 0.25) is 0 Å². The first kappa shape index (κ1) is 13.5. The molecule has 1 amide bonds. The second-order valence-corrected chi connectivity index (χ2v) is 5.40. The summed E-state index contributed by atoms with van der Waals surface area (Å²) in [7, 11) is 1.84. The molecule has 108 valence electrons. The molecule has 0 atom stereocenters. The molecule has 2 aromatic heterocycles. The summed E-state index contributed by atoms with van der Waals surface area (Å²) in [6, 6.07) is 12.0. The van der Waals surface area contributed by atoms with E-state index in [2.05, 4.69) is 16.0 Å². The third-order valence-electron chi connectivity index (χ3n) is 3.85. The normalized spacial score (nSPS) is 11.0. The molecule has 0 fully saturated rings. The van der Waals surface area contributed by atoms with Crippen molar-refractivity contribution in [3.8, 4) is 0 Å². The number of hydrogen-bond acceptors (Lipinski definition) is 1. The molecule has 0 radical (unpaired) electrons. The van der Waals surface area contributed by atoms with Crippen molar-refractivity contribution in [2.24, 2.45) is 0 Å². The van der Waals surface area contributed by atoms with Gasteiger partial charge in [-0.15, -0.1) is 0 Å². The van der Waals surface area contributed by atoms with Crippen LogP contribution in [0.25, 0.3) is 10.9 Å². The highest BCUT2D eigenvalue weighted by molar-refractivity contribution is 5.90. The van der Waals surface area contributed by atoms with Crippen molar-refractivity contribution in [2.45, 2.75) is 19.9 Å². The van der Waals surface area contributed by atoms with E-state index >= 15 is 0 Å². The highest BCUT2D eigenvalue weighted by Gasteiger charge is 2.15. The number of carbonyl (C=O) groups excluding carboxylic acids is 1. The van der Waals surface area contributed by atoms with Gasteiger partial charge >= 0.3 is 0 Å². The average Bonchev–Trinajstić information content (AvgIpc) is 3.07. The average molecular weight is 281 g/mol. The van der Waals surface area contributed by atoms with Crippen LogP contribution in [0.3, 0.4) is 0 Å². The number of para-hydroxylation sites is 1. The monoisotopic (exact) mass is 281 g/mol. The van der Waals surface area contributed by atoms with Gasteiger partial charge in [0, 0.05) is 35.5 Å². The van der Waals surface area contributed by atoms with Crippen LogP contribution in [0.4, 0.5) is 0 Å². The molecule has 3 aromatic rings. The van der Waals surface area contributed by atoms with Gasteiger partial charge in [-0.1, -0.05) is 18.2 Å². The molecule has 2 N–H and O–H groups in total. The van der Waals surface area contributed by atoms with E-state index in [1.54, 1.807) is 4.90 Å². The number of nitrogens with one attached hydrogen (secondary N) is 2. The SMILES string of the molecule is Cc1[nH]c2ccccc2c1CC(=O)N(C)Cc1ccc[nH]1. The predicted octanol–water partition coefficient (Wildman–Crippen LogP) is 3.01. The number of fused-ring (bicyclic) bond motifs is 1. The van der Waals surface area contributed by atoms with Gasteiger partial charge in [0.2, 0.25) is 5.91 Å². The van der Waals surface area contributed by atoms with Crippen molar-refractivity contribution in [2.75, 3.05) is 7.05 Å². The summed E-state index contributed by atoms with van der Waals surface area (Å²) in [6.45, 7) is 2.63. The number of likely N-dealkylation sites (N-methyl/N-ethyl adjacent to an activating group) is 1. The maximum Gasteiger partial charge on any atom is 0.227 e. The second-order valence-electron chi connectivity index (χ2n) is 5.40. The first-order valence-electron chi connectivity index (χ1n) is 7.07. The Balaban J connectivity index is 1.78. The summed E-state index contributed by atoms with van der Waals surface area (Å²) in [5.74, 6) is 0.123. The summed E-state index contributed by atoms with van der Waals surface area (Å²) >= 11 is 0. The lowest BCUT2D eigenvalue weighted by molar-refractivity contribution is -0.129. The van der Waals surface area contributed by atoms with E-state index < -0.39 is 0 Å². The molecule has 0 saturated heterocycles. The zero-order chi connectivity index (χ0) is 14.8. The van der Waals surface area contributed by atoms with Crippen molar-refractivity contribution in [3.63, 3.8) is 0 Å². The Bertz CT molecular complexity index is 756. The summed E-state index contributed by atoms with van der Waals surface area (Å²) in [5.41, 5.74) is 4.29. The Kier molecular flexibility index (Phi) is 3.52. The number of aromatic nitrogens is 2. The summed E-state index contributed by atoms with van der Waals surface area (Å²) in [5, 5.41) is 1.14. The third kappa shape index (κ3) is 2.70. The van der Waals surface area contributed by atoms with E-state index in [1.807, 2.05) is 50.5 Å². The summed E-state index contributed by atoms with van der Waals surface area (Å²) in [4.78, 5) is 20.7. The Labute approximate surface area is 123 Å². The lowest BCUT2D eigenvalue weighted by atomic mass is 10.1. The molecular formula is C17H19N3O. The Morgan fingerprint density at radius 3 is 2.76 bits per heavy atom. The van der Waals surface area contributed by atoms with E-state index in [0.717, 1.165) is 27.9 Å². The van der Waals surface area contributed by atoms with Crippen molar-refractivity contribution in [1.82, 2.24) is 14.9 Å². The molecule has 0 aliphatic heterocycles. The quantitative estimate of drug-likeness (QED) is 0.759. The number of nitrogens with zero attached hydrogens (tertiary/aromatic N) is 1. The van der Waals surface area contributed by atoms with Gasteiger partial charge in [-0.25, -0.2) is 0 Å². The largest absolute Gasteiger partial charge is 0.364 e. The topological polar surface area (TPSA) is 51.9 Å². The molecule has 0 saturated carbocycles. The number of hydrogen-bond donors (Lipinski definition) is 2. The van der Waals surface area contributed by atoms with Crippen LogP contribution < -0.4 is 0 Å². The van der Waals surface area contributed by atoms with Crippen LogP contribution >= 0.6 is 0 Å². The third-order valence-corrected chi connectivity index (χ3v) is 3.85. The van der Waals surface area contributed by atoms with Crippen LogP contribution in [0.15, 0.2) is 42.6 Å². The van der Waals surface area contributed by atoms with Crippen LogP contribution in [-0.4, -0.2) is 27.8 Å². The minimum absolute atomic E-state index is 0.123. The number of amides is 1. The zero-order valence-corrected chi connectivity index (χ0v) is 12.3. The number of benzene rings is 1. The number of carbonyl (C=O) groups is 1. The molecular weight excluding hydrogens is 262 g/mol. The Morgan fingerprint density at radius 2 is 2.00 bits per heavy atom. The summed E-state index contributed by atoms with van der Waals surface area (Å²) in [6.07, 6.45) is 2.30. The number of aryl methyl sites for hydroxylation is 1. The van der Waals surface area contributed by atoms with Gasteiger partial charge in [-0.05, 0) is 30.7 Å². The Hall–Kier alpha value is -2.49. The first-order chi connectivity index (χ1) is 10.1. The number of rotatable bonds is 4. The van der Waals surface area contributed by atoms with Crippen molar-refractivity contribution >= 4 is 16.8 Å². The van der Waals surface area contributed by atoms with Gasteiger partial charge in [0.25, 0.3) is 0 Å². The fourth-order valence-corrected chi connectivity index (χ4v) is 2.66. The first-order valence-corrected chi connectivity index (χ1v) is 7.07. The molecule has 2 heterocycles. The van der Waals surface area contributed by atoms with Gasteiger partial charge in [0.1, 0.15) is 0 Å². The van der Waals surface area contributed by atoms with Crippen LogP contribution in [-0.2, 0) is 17.8 Å². The lowest BCUT2D eigenvalue weighted by Crippen LogP contribution is -2.28. The molecule has 0 aliphatic rings. The molecule has 3 rings (SSSR count). The summed E-state index contributed by atoms with van der Waals surface area (Å²) < 4.78 is 0. The molecule has 21 heavy (non-hydrogen) atoms. The van der Waals surface area contributed by atoms with Crippen LogP contribution in [0, 0.1) is 6.92 Å². The van der Waals surface area contributed by atoms with Crippen LogP contribution in [0.5, 0.6) is 0 Å². The van der Waals surface area contributed by atoms with E-state index in [-0.39, 0.29) is 5.91 Å². The highest BCUT2D eigenvalue weighted by atomic mass is 16.2. The zero-order valence-electron chi connectivity index (χ0n) is 12.3. The van der Waals surface area contributed by atoms with Crippen molar-refractivity contribution < 1.29 is 4.79 Å². The minimum atomic E-state index is 0.123. The maximum absolute atomic E-state index is 12.4.